The van der Waals surface area contributed by atoms with Gasteiger partial charge in [0.1, 0.15) is 0 Å². The molecule has 0 saturated carbocycles. The summed E-state index contributed by atoms with van der Waals surface area (Å²) in [6, 6.07) is 19.8. The molecular weight excluding hydrogens is 406 g/mol. The van der Waals surface area contributed by atoms with E-state index in [2.05, 4.69) is 0 Å². The first-order valence-corrected chi connectivity index (χ1v) is 10.4. The van der Waals surface area contributed by atoms with Crippen LogP contribution in [0.3, 0.4) is 0 Å². The van der Waals surface area contributed by atoms with Crippen LogP contribution in [0.2, 0.25) is 0 Å². The van der Waals surface area contributed by atoms with Crippen molar-refractivity contribution in [1.82, 2.24) is 4.90 Å². The van der Waals surface area contributed by atoms with Gasteiger partial charge in [-0.3, -0.25) is 14.5 Å². The van der Waals surface area contributed by atoms with Gasteiger partial charge in [-0.1, -0.05) is 42.5 Å². The van der Waals surface area contributed by atoms with Crippen LogP contribution >= 0.6 is 23.1 Å². The van der Waals surface area contributed by atoms with Gasteiger partial charge in [0, 0.05) is 9.75 Å². The minimum Gasteiger partial charge on any atom is -0.478 e. The molecule has 144 valence electrons. The summed E-state index contributed by atoms with van der Waals surface area (Å²) >= 11 is 2.37. The molecular formula is C22H15NO4S2. The van der Waals surface area contributed by atoms with Crippen LogP contribution in [0.1, 0.15) is 20.8 Å². The first kappa shape index (κ1) is 19.2. The highest BCUT2D eigenvalue weighted by atomic mass is 32.2. The Bertz CT molecular complexity index is 1130. The lowest BCUT2D eigenvalue weighted by Crippen LogP contribution is -2.27. The number of carbonyl (C=O) groups is 3. The van der Waals surface area contributed by atoms with Crippen molar-refractivity contribution in [3.8, 4) is 10.4 Å². The van der Waals surface area contributed by atoms with Gasteiger partial charge in [0.15, 0.2) is 0 Å². The molecule has 0 aliphatic carbocycles. The fourth-order valence-corrected chi connectivity index (χ4v) is 4.77. The van der Waals surface area contributed by atoms with Crippen LogP contribution in [0.5, 0.6) is 0 Å². The smallest absolute Gasteiger partial charge is 0.335 e. The van der Waals surface area contributed by atoms with Gasteiger partial charge in [-0.15, -0.1) is 11.3 Å². The highest BCUT2D eigenvalue weighted by Crippen LogP contribution is 2.36. The summed E-state index contributed by atoms with van der Waals surface area (Å²) in [7, 11) is 0. The second-order valence-electron chi connectivity index (χ2n) is 6.34. The van der Waals surface area contributed by atoms with E-state index in [1.54, 1.807) is 24.3 Å². The fourth-order valence-electron chi connectivity index (χ4n) is 2.92. The van der Waals surface area contributed by atoms with E-state index in [4.69, 9.17) is 5.11 Å². The molecule has 0 bridgehead atoms. The molecule has 1 fully saturated rings. The molecule has 0 spiro atoms. The standard InChI is InChI=1S/C22H15NO4S2/c24-20-19(29-22(27)23(20)13-14-5-2-1-3-6-14)12-17-9-10-18(28-17)15-7-4-8-16(11-15)21(25)26/h1-12H,13H2,(H,25,26). The van der Waals surface area contributed by atoms with Crippen molar-refractivity contribution in [3.63, 3.8) is 0 Å². The van der Waals surface area contributed by atoms with Crippen molar-refractivity contribution in [2.24, 2.45) is 0 Å². The van der Waals surface area contributed by atoms with Crippen molar-refractivity contribution in [3.05, 3.63) is 87.6 Å². The maximum Gasteiger partial charge on any atom is 0.335 e. The molecule has 29 heavy (non-hydrogen) atoms. The quantitative estimate of drug-likeness (QED) is 0.562. The van der Waals surface area contributed by atoms with E-state index >= 15 is 0 Å². The molecule has 0 radical (unpaired) electrons. The third-order valence-electron chi connectivity index (χ3n) is 4.35. The van der Waals surface area contributed by atoms with Crippen LogP contribution in [0.15, 0.2) is 71.6 Å². The molecule has 3 aromatic rings. The maximum atomic E-state index is 12.7. The van der Waals surface area contributed by atoms with Gasteiger partial charge in [0.2, 0.25) is 0 Å². The number of carboxylic acids is 1. The molecule has 1 aromatic heterocycles. The number of hydrogen-bond acceptors (Lipinski definition) is 5. The Balaban J connectivity index is 1.55. The number of thiophene rings is 1. The Hall–Kier alpha value is -3.16. The molecule has 1 saturated heterocycles. The number of nitrogens with zero attached hydrogens (tertiary/aromatic N) is 1. The topological polar surface area (TPSA) is 74.7 Å². The zero-order valence-electron chi connectivity index (χ0n) is 15.1. The molecule has 7 heteroatoms. The highest BCUT2D eigenvalue weighted by Gasteiger charge is 2.35. The minimum atomic E-state index is -0.976. The fraction of sp³-hybridized carbons (Fsp3) is 0.0455. The van der Waals surface area contributed by atoms with Crippen LogP contribution < -0.4 is 0 Å². The summed E-state index contributed by atoms with van der Waals surface area (Å²) in [5, 5.41) is 8.87. The van der Waals surface area contributed by atoms with Crippen molar-refractivity contribution >= 4 is 46.3 Å². The summed E-state index contributed by atoms with van der Waals surface area (Å²) in [4.78, 5) is 39.5. The summed E-state index contributed by atoms with van der Waals surface area (Å²) in [6.45, 7) is 0.251. The molecule has 1 aliphatic heterocycles. The lowest BCUT2D eigenvalue weighted by Gasteiger charge is -2.11. The molecule has 4 rings (SSSR count). The van der Waals surface area contributed by atoms with E-state index in [1.165, 1.54) is 16.2 Å². The SMILES string of the molecule is O=C(O)c1cccc(-c2ccc(C=C3SC(=O)N(Cc4ccccc4)C3=O)s2)c1. The Morgan fingerprint density at radius 3 is 2.55 bits per heavy atom. The number of carbonyl (C=O) groups excluding carboxylic acids is 2. The zero-order valence-corrected chi connectivity index (χ0v) is 16.7. The monoisotopic (exact) mass is 421 g/mol. The zero-order chi connectivity index (χ0) is 20.4. The van der Waals surface area contributed by atoms with E-state index in [-0.39, 0.29) is 23.3 Å². The second-order valence-corrected chi connectivity index (χ2v) is 8.45. The molecule has 2 aromatic carbocycles. The summed E-state index contributed by atoms with van der Waals surface area (Å²) in [6.07, 6.45) is 1.71. The second kappa shape index (κ2) is 8.06. The van der Waals surface area contributed by atoms with Crippen molar-refractivity contribution < 1.29 is 19.5 Å². The Morgan fingerprint density at radius 1 is 1.00 bits per heavy atom. The maximum absolute atomic E-state index is 12.7. The molecule has 1 N–H and O–H groups in total. The average Bonchev–Trinajstić information content (AvgIpc) is 3.29. The van der Waals surface area contributed by atoms with Gasteiger partial charge in [-0.05, 0) is 53.2 Å². The highest BCUT2D eigenvalue weighted by molar-refractivity contribution is 8.18. The van der Waals surface area contributed by atoms with Crippen LogP contribution in [0, 0.1) is 0 Å². The normalized spacial score (nSPS) is 15.3. The van der Waals surface area contributed by atoms with Gasteiger partial charge in [-0.2, -0.15) is 0 Å². The van der Waals surface area contributed by atoms with E-state index in [9.17, 15) is 14.4 Å². The third-order valence-corrected chi connectivity index (χ3v) is 6.34. The summed E-state index contributed by atoms with van der Waals surface area (Å²) < 4.78 is 0. The van der Waals surface area contributed by atoms with Gasteiger partial charge in [0.05, 0.1) is 17.0 Å². The Kier molecular flexibility index (Phi) is 5.33. The first-order valence-electron chi connectivity index (χ1n) is 8.74. The molecule has 0 unspecified atom stereocenters. The molecule has 1 aliphatic rings. The van der Waals surface area contributed by atoms with Crippen LogP contribution in [-0.2, 0) is 11.3 Å². The predicted molar refractivity (Wildman–Crippen MR) is 115 cm³/mol. The lowest BCUT2D eigenvalue weighted by atomic mass is 10.1. The number of rotatable bonds is 5. The van der Waals surface area contributed by atoms with Crippen molar-refractivity contribution in [2.75, 3.05) is 0 Å². The van der Waals surface area contributed by atoms with Crippen molar-refractivity contribution in [1.29, 1.82) is 0 Å². The minimum absolute atomic E-state index is 0.222. The van der Waals surface area contributed by atoms with Gasteiger partial charge in [-0.25, -0.2) is 4.79 Å². The largest absolute Gasteiger partial charge is 0.478 e. The third kappa shape index (κ3) is 4.16. The number of carboxylic acid groups (broad SMARTS) is 1. The summed E-state index contributed by atoms with van der Waals surface area (Å²) in [5.74, 6) is -1.28. The average molecular weight is 421 g/mol. The predicted octanol–water partition coefficient (Wildman–Crippen LogP) is 5.35. The number of imide groups is 1. The molecule has 2 heterocycles. The van der Waals surface area contributed by atoms with Crippen LogP contribution in [0.25, 0.3) is 16.5 Å². The lowest BCUT2D eigenvalue weighted by molar-refractivity contribution is -0.123. The van der Waals surface area contributed by atoms with Crippen molar-refractivity contribution in [2.45, 2.75) is 6.54 Å². The van der Waals surface area contributed by atoms with Gasteiger partial charge in [0.25, 0.3) is 11.1 Å². The number of aromatic carboxylic acids is 1. The summed E-state index contributed by atoms with van der Waals surface area (Å²) in [5.41, 5.74) is 1.92. The van der Waals surface area contributed by atoms with Gasteiger partial charge < -0.3 is 5.11 Å². The van der Waals surface area contributed by atoms with Crippen LogP contribution in [0.4, 0.5) is 4.79 Å². The van der Waals surface area contributed by atoms with Gasteiger partial charge >= 0.3 is 5.97 Å². The van der Waals surface area contributed by atoms with Crippen LogP contribution in [-0.4, -0.2) is 27.1 Å². The number of benzene rings is 2. The Labute approximate surface area is 175 Å². The molecule has 2 amide bonds. The Morgan fingerprint density at radius 2 is 1.79 bits per heavy atom. The van der Waals surface area contributed by atoms with E-state index in [1.807, 2.05) is 48.5 Å². The van der Waals surface area contributed by atoms with E-state index < -0.39 is 5.97 Å². The van der Waals surface area contributed by atoms with E-state index in [0.717, 1.165) is 32.6 Å². The number of hydrogen-bond donors (Lipinski definition) is 1. The molecule has 5 nitrogen and oxygen atoms in total. The van der Waals surface area contributed by atoms with E-state index in [0.29, 0.717) is 4.91 Å². The first-order chi connectivity index (χ1) is 14.0. The number of amides is 2. The molecule has 0 atom stereocenters. The number of thioether (sulfide) groups is 1.